The van der Waals surface area contributed by atoms with E-state index in [9.17, 15) is 19.2 Å². The summed E-state index contributed by atoms with van der Waals surface area (Å²) in [4.78, 5) is 47.5. The Balaban J connectivity index is 2.03. The van der Waals surface area contributed by atoms with Gasteiger partial charge in [0.05, 0.1) is 12.3 Å². The van der Waals surface area contributed by atoms with E-state index in [1.165, 1.54) is 0 Å². The number of ether oxygens (including phenoxy) is 1. The molecule has 0 radical (unpaired) electrons. The molecule has 9 heteroatoms. The smallest absolute Gasteiger partial charge is 0.322 e. The lowest BCUT2D eigenvalue weighted by atomic mass is 10.2. The summed E-state index contributed by atoms with van der Waals surface area (Å²) in [6, 6.07) is 6.48. The van der Waals surface area contributed by atoms with Crippen molar-refractivity contribution in [2.45, 2.75) is 18.6 Å². The van der Waals surface area contributed by atoms with Gasteiger partial charge in [-0.3, -0.25) is 19.2 Å². The molecule has 2 N–H and O–H groups in total. The van der Waals surface area contributed by atoms with Crippen LogP contribution in [0.25, 0.3) is 0 Å². The van der Waals surface area contributed by atoms with Crippen LogP contribution in [0.5, 0.6) is 5.75 Å². The Hall–Kier alpha value is -2.55. The SMILES string of the molecule is CCOc1ccc(N2C(=O)SC(CC(=O)NCC(=O)O)C2=O)cc1. The molecule has 1 atom stereocenters. The van der Waals surface area contributed by atoms with Crippen LogP contribution in [0.3, 0.4) is 0 Å². The molecule has 0 saturated carbocycles. The van der Waals surface area contributed by atoms with Gasteiger partial charge in [0, 0.05) is 6.42 Å². The number of carbonyl (C=O) groups excluding carboxylic acids is 3. The monoisotopic (exact) mass is 352 g/mol. The molecule has 1 unspecified atom stereocenters. The largest absolute Gasteiger partial charge is 0.494 e. The number of thioether (sulfide) groups is 1. The lowest BCUT2D eigenvalue weighted by molar-refractivity contribution is -0.137. The number of imide groups is 1. The Labute approximate surface area is 142 Å². The van der Waals surface area contributed by atoms with Gasteiger partial charge < -0.3 is 15.2 Å². The van der Waals surface area contributed by atoms with Crippen molar-refractivity contribution in [1.82, 2.24) is 5.32 Å². The second-order valence-corrected chi connectivity index (χ2v) is 6.00. The van der Waals surface area contributed by atoms with Crippen LogP contribution in [-0.2, 0) is 14.4 Å². The molecule has 128 valence electrons. The first-order valence-corrected chi connectivity index (χ1v) is 8.06. The molecule has 0 aromatic heterocycles. The minimum atomic E-state index is -1.18. The number of nitrogens with zero attached hydrogens (tertiary/aromatic N) is 1. The third-order valence-electron chi connectivity index (χ3n) is 3.13. The summed E-state index contributed by atoms with van der Waals surface area (Å²) >= 11 is 0.752. The lowest BCUT2D eigenvalue weighted by Crippen LogP contribution is -2.35. The Morgan fingerprint density at radius 1 is 1.29 bits per heavy atom. The predicted octanol–water partition coefficient (Wildman–Crippen LogP) is 1.24. The molecule has 2 rings (SSSR count). The Kier molecular flexibility index (Phi) is 5.80. The fraction of sp³-hybridized carbons (Fsp3) is 0.333. The fourth-order valence-electron chi connectivity index (χ4n) is 2.09. The number of anilines is 1. The number of carboxylic acid groups (broad SMARTS) is 1. The Bertz CT molecular complexity index is 660. The number of hydrogen-bond donors (Lipinski definition) is 2. The maximum Gasteiger partial charge on any atom is 0.322 e. The van der Waals surface area contributed by atoms with Crippen LogP contribution in [0.15, 0.2) is 24.3 Å². The van der Waals surface area contributed by atoms with Gasteiger partial charge >= 0.3 is 5.97 Å². The van der Waals surface area contributed by atoms with Gasteiger partial charge in [-0.1, -0.05) is 0 Å². The number of nitrogens with one attached hydrogen (secondary N) is 1. The average molecular weight is 352 g/mol. The van der Waals surface area contributed by atoms with Crippen molar-refractivity contribution in [2.75, 3.05) is 18.1 Å². The zero-order valence-electron chi connectivity index (χ0n) is 12.9. The zero-order valence-corrected chi connectivity index (χ0v) is 13.7. The summed E-state index contributed by atoms with van der Waals surface area (Å²) in [6.45, 7) is 1.82. The van der Waals surface area contributed by atoms with Crippen molar-refractivity contribution < 1.29 is 29.0 Å². The average Bonchev–Trinajstić information content (AvgIpc) is 2.81. The van der Waals surface area contributed by atoms with Crippen LogP contribution in [0.1, 0.15) is 13.3 Å². The number of rotatable bonds is 7. The third kappa shape index (κ3) is 4.25. The zero-order chi connectivity index (χ0) is 17.7. The van der Waals surface area contributed by atoms with Crippen LogP contribution in [-0.4, -0.2) is 46.5 Å². The van der Waals surface area contributed by atoms with Gasteiger partial charge in [-0.05, 0) is 43.0 Å². The van der Waals surface area contributed by atoms with Crippen LogP contribution >= 0.6 is 11.8 Å². The van der Waals surface area contributed by atoms with Crippen LogP contribution in [0, 0.1) is 0 Å². The molecule has 0 bridgehead atoms. The van der Waals surface area contributed by atoms with E-state index in [1.54, 1.807) is 24.3 Å². The van der Waals surface area contributed by atoms with Crippen molar-refractivity contribution in [2.24, 2.45) is 0 Å². The topological polar surface area (TPSA) is 113 Å². The number of aliphatic carboxylic acids is 1. The number of hydrogen-bond acceptors (Lipinski definition) is 6. The van der Waals surface area contributed by atoms with Crippen LogP contribution in [0.4, 0.5) is 10.5 Å². The standard InChI is InChI=1S/C15H16N2O6S/c1-2-23-10-5-3-9(4-6-10)17-14(21)11(24-15(17)22)7-12(18)16-8-13(19)20/h3-6,11H,2,7-8H2,1H3,(H,16,18)(H,19,20). The molecule has 1 aromatic carbocycles. The van der Waals surface area contributed by atoms with Gasteiger partial charge in [-0.25, -0.2) is 4.90 Å². The van der Waals surface area contributed by atoms with Gasteiger partial charge in [-0.2, -0.15) is 0 Å². The molecular weight excluding hydrogens is 336 g/mol. The van der Waals surface area contributed by atoms with Crippen molar-refractivity contribution >= 4 is 40.5 Å². The molecule has 8 nitrogen and oxygen atoms in total. The molecule has 0 aliphatic carbocycles. The molecule has 1 aliphatic heterocycles. The number of benzene rings is 1. The summed E-state index contributed by atoms with van der Waals surface area (Å²) in [5.74, 6) is -1.65. The number of carboxylic acids is 1. The minimum Gasteiger partial charge on any atom is -0.494 e. The van der Waals surface area contributed by atoms with E-state index in [-0.39, 0.29) is 6.42 Å². The highest BCUT2D eigenvalue weighted by molar-refractivity contribution is 8.15. The van der Waals surface area contributed by atoms with Crippen LogP contribution < -0.4 is 15.0 Å². The van der Waals surface area contributed by atoms with Crippen LogP contribution in [0.2, 0.25) is 0 Å². The summed E-state index contributed by atoms with van der Waals surface area (Å²) in [7, 11) is 0. The number of amides is 3. The Morgan fingerprint density at radius 3 is 2.54 bits per heavy atom. The number of carbonyl (C=O) groups is 4. The summed E-state index contributed by atoms with van der Waals surface area (Å²) < 4.78 is 5.30. The van der Waals surface area contributed by atoms with E-state index in [4.69, 9.17) is 9.84 Å². The maximum absolute atomic E-state index is 12.4. The van der Waals surface area contributed by atoms with E-state index in [2.05, 4.69) is 5.32 Å². The maximum atomic E-state index is 12.4. The molecular formula is C15H16N2O6S. The highest BCUT2D eigenvalue weighted by atomic mass is 32.2. The van der Waals surface area contributed by atoms with Gasteiger partial charge in [0.25, 0.3) is 5.24 Å². The van der Waals surface area contributed by atoms with E-state index in [0.717, 1.165) is 16.7 Å². The van der Waals surface area contributed by atoms with Crippen molar-refractivity contribution in [1.29, 1.82) is 0 Å². The third-order valence-corrected chi connectivity index (χ3v) is 4.17. The molecule has 3 amide bonds. The Morgan fingerprint density at radius 2 is 1.96 bits per heavy atom. The highest BCUT2D eigenvalue weighted by Gasteiger charge is 2.41. The van der Waals surface area contributed by atoms with Crippen molar-refractivity contribution in [3.8, 4) is 5.75 Å². The van der Waals surface area contributed by atoms with E-state index in [0.29, 0.717) is 18.0 Å². The molecule has 1 aliphatic rings. The van der Waals surface area contributed by atoms with Gasteiger partial charge in [0.1, 0.15) is 17.5 Å². The molecule has 1 heterocycles. The predicted molar refractivity (Wildman–Crippen MR) is 87.1 cm³/mol. The summed E-state index contributed by atoms with van der Waals surface area (Å²) in [5.41, 5.74) is 0.398. The van der Waals surface area contributed by atoms with E-state index in [1.807, 2.05) is 6.92 Å². The molecule has 24 heavy (non-hydrogen) atoms. The van der Waals surface area contributed by atoms with Crippen molar-refractivity contribution in [3.05, 3.63) is 24.3 Å². The summed E-state index contributed by atoms with van der Waals surface area (Å²) in [6.07, 6.45) is -0.254. The molecule has 1 saturated heterocycles. The first kappa shape index (κ1) is 17.8. The first-order chi connectivity index (χ1) is 11.4. The van der Waals surface area contributed by atoms with Crippen molar-refractivity contribution in [3.63, 3.8) is 0 Å². The minimum absolute atomic E-state index is 0.254. The highest BCUT2D eigenvalue weighted by Crippen LogP contribution is 2.34. The second kappa shape index (κ2) is 7.82. The van der Waals surface area contributed by atoms with Gasteiger partial charge in [0.2, 0.25) is 11.8 Å². The molecule has 1 fully saturated rings. The first-order valence-electron chi connectivity index (χ1n) is 7.18. The normalized spacial score (nSPS) is 17.0. The quantitative estimate of drug-likeness (QED) is 0.759. The lowest BCUT2D eigenvalue weighted by Gasteiger charge is -2.14. The fourth-order valence-corrected chi connectivity index (χ4v) is 3.08. The molecule has 1 aromatic rings. The second-order valence-electron chi connectivity index (χ2n) is 4.85. The van der Waals surface area contributed by atoms with E-state index >= 15 is 0 Å². The molecule has 0 spiro atoms. The van der Waals surface area contributed by atoms with Gasteiger partial charge in [0.15, 0.2) is 0 Å². The van der Waals surface area contributed by atoms with Gasteiger partial charge in [-0.15, -0.1) is 0 Å². The summed E-state index contributed by atoms with van der Waals surface area (Å²) in [5, 5.41) is 9.34. The van der Waals surface area contributed by atoms with E-state index < -0.39 is 34.8 Å².